The lowest BCUT2D eigenvalue weighted by molar-refractivity contribution is 0.954. The molecule has 10 aromatic rings. The summed E-state index contributed by atoms with van der Waals surface area (Å²) in [7, 11) is 0. The zero-order chi connectivity index (χ0) is 33.0. The highest BCUT2D eigenvalue weighted by Crippen LogP contribution is 2.40. The van der Waals surface area contributed by atoms with E-state index < -0.39 is 0 Å². The van der Waals surface area contributed by atoms with E-state index in [2.05, 4.69) is 105 Å². The van der Waals surface area contributed by atoms with Crippen LogP contribution in [-0.2, 0) is 0 Å². The largest absolute Gasteiger partial charge is 0.308 e. The van der Waals surface area contributed by atoms with Crippen molar-refractivity contribution in [3.8, 4) is 45.5 Å². The molecule has 0 amide bonds. The van der Waals surface area contributed by atoms with E-state index in [4.69, 9.17) is 15.0 Å². The fourth-order valence-corrected chi connectivity index (χ4v) is 7.25. The molecular weight excluding hydrogens is 613 g/mol. The first-order chi connectivity index (χ1) is 24.8. The lowest BCUT2D eigenvalue weighted by Crippen LogP contribution is -2.06. The van der Waals surface area contributed by atoms with Crippen LogP contribution in [0.25, 0.3) is 89.2 Å². The summed E-state index contributed by atoms with van der Waals surface area (Å²) in [6.45, 7) is 0. The first-order valence-corrected chi connectivity index (χ1v) is 16.7. The van der Waals surface area contributed by atoms with Gasteiger partial charge < -0.3 is 4.57 Å². The van der Waals surface area contributed by atoms with Crippen LogP contribution in [-0.4, -0.2) is 29.1 Å². The minimum atomic E-state index is 0.573. The molecule has 0 saturated carbocycles. The number of fused-ring (bicyclic) bond motifs is 6. The second-order valence-corrected chi connectivity index (χ2v) is 12.4. The highest BCUT2D eigenvalue weighted by molar-refractivity contribution is 6.15. The lowest BCUT2D eigenvalue weighted by atomic mass is 10.00. The molecular formula is C44H28N6. The molecule has 234 valence electrons. The van der Waals surface area contributed by atoms with Crippen molar-refractivity contribution < 1.29 is 0 Å². The predicted octanol–water partition coefficient (Wildman–Crippen LogP) is 10.5. The number of benzene rings is 6. The summed E-state index contributed by atoms with van der Waals surface area (Å²) in [6, 6.07) is 54.6. The lowest BCUT2D eigenvalue weighted by Gasteiger charge is -2.13. The average molecular weight is 641 g/mol. The van der Waals surface area contributed by atoms with Gasteiger partial charge in [-0.05, 0) is 42.0 Å². The number of hydrogen-bond acceptors (Lipinski definition) is 4. The van der Waals surface area contributed by atoms with Gasteiger partial charge in [0, 0.05) is 50.1 Å². The van der Waals surface area contributed by atoms with Crippen molar-refractivity contribution in [1.82, 2.24) is 29.1 Å². The first-order valence-electron chi connectivity index (χ1n) is 16.7. The molecule has 0 aliphatic heterocycles. The number of para-hydroxylation sites is 3. The summed E-state index contributed by atoms with van der Waals surface area (Å²) in [5.74, 6) is 1.83. The summed E-state index contributed by atoms with van der Waals surface area (Å²) in [5, 5.41) is 4.60. The molecule has 0 bridgehead atoms. The Hall–Kier alpha value is -6.92. The number of rotatable bonds is 5. The number of aromatic nitrogens is 6. The van der Waals surface area contributed by atoms with E-state index in [9.17, 15) is 0 Å². The summed E-state index contributed by atoms with van der Waals surface area (Å²) in [6.07, 6.45) is 3.83. The van der Waals surface area contributed by atoms with Crippen LogP contribution < -0.4 is 0 Å². The fraction of sp³-hybridized carbons (Fsp3) is 0. The summed E-state index contributed by atoms with van der Waals surface area (Å²) in [5.41, 5.74) is 9.47. The van der Waals surface area contributed by atoms with Crippen molar-refractivity contribution in [2.75, 3.05) is 0 Å². The first kappa shape index (κ1) is 28.1. The van der Waals surface area contributed by atoms with Gasteiger partial charge in [-0.25, -0.2) is 4.98 Å². The zero-order valence-electron chi connectivity index (χ0n) is 26.8. The minimum absolute atomic E-state index is 0.573. The van der Waals surface area contributed by atoms with Gasteiger partial charge in [0.2, 0.25) is 5.95 Å². The number of hydrogen-bond donors (Lipinski definition) is 0. The Balaban J connectivity index is 1.27. The monoisotopic (exact) mass is 640 g/mol. The topological polar surface area (TPSA) is 61.4 Å². The Labute approximate surface area is 287 Å². The van der Waals surface area contributed by atoms with Gasteiger partial charge in [-0.1, -0.05) is 121 Å². The van der Waals surface area contributed by atoms with E-state index in [-0.39, 0.29) is 0 Å². The van der Waals surface area contributed by atoms with E-state index in [1.165, 1.54) is 5.39 Å². The maximum absolute atomic E-state index is 5.16. The second kappa shape index (κ2) is 11.4. The van der Waals surface area contributed by atoms with E-state index >= 15 is 0 Å². The molecule has 0 unspecified atom stereocenters. The smallest absolute Gasteiger partial charge is 0.238 e. The third kappa shape index (κ3) is 4.43. The third-order valence-electron chi connectivity index (χ3n) is 9.48. The Morgan fingerprint density at radius 1 is 0.400 bits per heavy atom. The molecule has 0 atom stereocenters. The number of nitrogens with zero attached hydrogens (tertiary/aromatic N) is 6. The molecule has 0 aliphatic rings. The Morgan fingerprint density at radius 2 is 1.02 bits per heavy atom. The Morgan fingerprint density at radius 3 is 1.76 bits per heavy atom. The zero-order valence-corrected chi connectivity index (χ0v) is 26.8. The molecule has 0 spiro atoms. The standard InChI is InChI=1S/C44H28N6/c1-4-13-29(14-5-1)42-46-43(30-15-6-2-7-16-30)48-44(47-42)50-38-22-11-10-19-34(38)36-21-12-20-33(41(36)50)31-23-24-39-37(27-31)35-25-26-45-28-40(35)49(39)32-17-8-3-9-18-32/h1-28H. The molecule has 4 aromatic heterocycles. The minimum Gasteiger partial charge on any atom is -0.308 e. The molecule has 6 nitrogen and oxygen atoms in total. The van der Waals surface area contributed by atoms with Crippen LogP contribution in [0.3, 0.4) is 0 Å². The van der Waals surface area contributed by atoms with Crippen molar-refractivity contribution in [3.63, 3.8) is 0 Å². The summed E-state index contributed by atoms with van der Waals surface area (Å²) < 4.78 is 4.50. The van der Waals surface area contributed by atoms with Gasteiger partial charge in [-0.3, -0.25) is 9.55 Å². The SMILES string of the molecule is c1ccc(-c2nc(-c3ccccc3)nc(-n3c4ccccc4c4cccc(-c5ccc6c(c5)c5ccncc5n6-c5ccccc5)c43)n2)cc1. The van der Waals surface area contributed by atoms with Crippen LogP contribution >= 0.6 is 0 Å². The van der Waals surface area contributed by atoms with E-state index in [1.54, 1.807) is 0 Å². The van der Waals surface area contributed by atoms with E-state index in [1.807, 2.05) is 79.1 Å². The highest BCUT2D eigenvalue weighted by Gasteiger charge is 2.21. The van der Waals surface area contributed by atoms with Gasteiger partial charge in [0.1, 0.15) is 0 Å². The van der Waals surface area contributed by atoms with Crippen molar-refractivity contribution in [2.24, 2.45) is 0 Å². The molecule has 0 radical (unpaired) electrons. The molecule has 6 aromatic carbocycles. The van der Waals surface area contributed by atoms with Crippen molar-refractivity contribution in [3.05, 3.63) is 170 Å². The molecule has 50 heavy (non-hydrogen) atoms. The van der Waals surface area contributed by atoms with Crippen LogP contribution in [0.15, 0.2) is 170 Å². The third-order valence-corrected chi connectivity index (χ3v) is 9.48. The average Bonchev–Trinajstić information content (AvgIpc) is 3.71. The van der Waals surface area contributed by atoms with Gasteiger partial charge in [-0.2, -0.15) is 9.97 Å². The van der Waals surface area contributed by atoms with E-state index in [0.717, 1.165) is 66.2 Å². The van der Waals surface area contributed by atoms with Crippen LogP contribution in [0.1, 0.15) is 0 Å². The Bertz CT molecular complexity index is 2800. The van der Waals surface area contributed by atoms with E-state index in [0.29, 0.717) is 17.6 Å². The highest BCUT2D eigenvalue weighted by atomic mass is 15.2. The van der Waals surface area contributed by atoms with Crippen LogP contribution in [0.5, 0.6) is 0 Å². The molecule has 4 heterocycles. The maximum atomic E-state index is 5.16. The van der Waals surface area contributed by atoms with Crippen molar-refractivity contribution in [2.45, 2.75) is 0 Å². The summed E-state index contributed by atoms with van der Waals surface area (Å²) >= 11 is 0. The molecule has 0 N–H and O–H groups in total. The van der Waals surface area contributed by atoms with Gasteiger partial charge >= 0.3 is 0 Å². The van der Waals surface area contributed by atoms with Crippen LogP contribution in [0.2, 0.25) is 0 Å². The van der Waals surface area contributed by atoms with Gasteiger partial charge in [0.05, 0.1) is 28.3 Å². The van der Waals surface area contributed by atoms with Crippen LogP contribution in [0.4, 0.5) is 0 Å². The second-order valence-electron chi connectivity index (χ2n) is 12.4. The van der Waals surface area contributed by atoms with Crippen LogP contribution in [0, 0.1) is 0 Å². The maximum Gasteiger partial charge on any atom is 0.238 e. The van der Waals surface area contributed by atoms with Gasteiger partial charge in [-0.15, -0.1) is 0 Å². The predicted molar refractivity (Wildman–Crippen MR) is 203 cm³/mol. The van der Waals surface area contributed by atoms with Gasteiger partial charge in [0.25, 0.3) is 0 Å². The molecule has 0 saturated heterocycles. The molecule has 6 heteroatoms. The molecule has 0 aliphatic carbocycles. The molecule has 10 rings (SSSR count). The van der Waals surface area contributed by atoms with Gasteiger partial charge in [0.15, 0.2) is 11.6 Å². The quantitative estimate of drug-likeness (QED) is 0.188. The van der Waals surface area contributed by atoms with Crippen molar-refractivity contribution in [1.29, 1.82) is 0 Å². The number of pyridine rings is 1. The normalized spacial score (nSPS) is 11.6. The van der Waals surface area contributed by atoms with Crippen molar-refractivity contribution >= 4 is 43.6 Å². The Kier molecular flexibility index (Phi) is 6.39. The fourth-order valence-electron chi connectivity index (χ4n) is 7.25. The summed E-state index contributed by atoms with van der Waals surface area (Å²) in [4.78, 5) is 19.8. The molecule has 0 fully saturated rings.